The first-order valence-corrected chi connectivity index (χ1v) is 10.4. The van der Waals surface area contributed by atoms with Crippen molar-refractivity contribution < 1.29 is 18.0 Å². The van der Waals surface area contributed by atoms with E-state index in [1.54, 1.807) is 19.4 Å². The van der Waals surface area contributed by atoms with Crippen LogP contribution < -0.4 is 15.8 Å². The topological polar surface area (TPSA) is 99.1 Å². The van der Waals surface area contributed by atoms with E-state index in [-0.39, 0.29) is 12.1 Å². The average molecular weight is 463 g/mol. The highest BCUT2D eigenvalue weighted by atomic mass is 19.4. The predicted octanol–water partition coefficient (Wildman–Crippen LogP) is 3.20. The molecule has 0 aliphatic carbocycles. The maximum absolute atomic E-state index is 13.1. The smallest absolute Gasteiger partial charge is 0.352 e. The zero-order valence-electron chi connectivity index (χ0n) is 18.3. The van der Waals surface area contributed by atoms with Gasteiger partial charge in [0.25, 0.3) is 5.56 Å². The third-order valence-corrected chi connectivity index (χ3v) is 6.01. The number of alkyl halides is 3. The summed E-state index contributed by atoms with van der Waals surface area (Å²) in [5, 5.41) is 2.35. The first kappa shape index (κ1) is 22.6. The summed E-state index contributed by atoms with van der Waals surface area (Å²) in [6, 6.07) is 1.76. The van der Waals surface area contributed by atoms with Gasteiger partial charge in [0.1, 0.15) is 17.0 Å². The van der Waals surface area contributed by atoms with Crippen LogP contribution in [-0.4, -0.2) is 56.1 Å². The number of nitrogens with zero attached hydrogens (tertiary/aromatic N) is 5. The van der Waals surface area contributed by atoms with Gasteiger partial charge < -0.3 is 24.7 Å². The SMILES string of the molecule is CC1CC(N(C)C(=O)Nc2cc(C(F)(F)F)cn(C)c2=O)CCN1c1cnc2[nH]ccc2n1. The van der Waals surface area contributed by atoms with Crippen LogP contribution in [0.1, 0.15) is 25.3 Å². The molecule has 0 aromatic carbocycles. The number of nitrogens with one attached hydrogen (secondary N) is 2. The van der Waals surface area contributed by atoms with Gasteiger partial charge in [0.2, 0.25) is 0 Å². The van der Waals surface area contributed by atoms with Crippen LogP contribution in [0.2, 0.25) is 0 Å². The third-order valence-electron chi connectivity index (χ3n) is 6.01. The van der Waals surface area contributed by atoms with Gasteiger partial charge in [-0.05, 0) is 31.9 Å². The first-order chi connectivity index (χ1) is 15.5. The third kappa shape index (κ3) is 4.50. The van der Waals surface area contributed by atoms with Crippen molar-refractivity contribution in [3.8, 4) is 0 Å². The summed E-state index contributed by atoms with van der Waals surface area (Å²) in [4.78, 5) is 40.6. The molecule has 3 aromatic heterocycles. The fourth-order valence-electron chi connectivity index (χ4n) is 4.12. The summed E-state index contributed by atoms with van der Waals surface area (Å²) in [6.45, 7) is 2.64. The summed E-state index contributed by atoms with van der Waals surface area (Å²) < 4.78 is 40.1. The highest BCUT2D eigenvalue weighted by Gasteiger charge is 2.33. The number of piperidine rings is 1. The molecule has 12 heteroatoms. The first-order valence-electron chi connectivity index (χ1n) is 10.4. The van der Waals surface area contributed by atoms with Crippen LogP contribution in [0.5, 0.6) is 0 Å². The quantitative estimate of drug-likeness (QED) is 0.622. The van der Waals surface area contributed by atoms with Gasteiger partial charge in [-0.1, -0.05) is 0 Å². The van der Waals surface area contributed by atoms with Crippen molar-refractivity contribution in [3.63, 3.8) is 0 Å². The second-order valence-corrected chi connectivity index (χ2v) is 8.26. The molecule has 0 radical (unpaired) electrons. The zero-order valence-corrected chi connectivity index (χ0v) is 18.3. The molecule has 3 aromatic rings. The van der Waals surface area contributed by atoms with Gasteiger partial charge >= 0.3 is 12.2 Å². The van der Waals surface area contributed by atoms with E-state index in [9.17, 15) is 22.8 Å². The van der Waals surface area contributed by atoms with Crippen LogP contribution in [0.15, 0.2) is 35.5 Å². The van der Waals surface area contributed by atoms with Gasteiger partial charge in [-0.3, -0.25) is 4.79 Å². The van der Waals surface area contributed by atoms with Crippen LogP contribution in [0.25, 0.3) is 11.2 Å². The Morgan fingerprint density at radius 2 is 2.12 bits per heavy atom. The second kappa shape index (κ2) is 8.41. The van der Waals surface area contributed by atoms with Gasteiger partial charge in [0.15, 0.2) is 5.65 Å². The number of pyridine rings is 1. The Kier molecular flexibility index (Phi) is 5.76. The lowest BCUT2D eigenvalue weighted by Crippen LogP contribution is -2.51. The molecule has 4 rings (SSSR count). The summed E-state index contributed by atoms with van der Waals surface area (Å²) in [5.41, 5.74) is -0.666. The molecule has 1 aliphatic heterocycles. The Balaban J connectivity index is 1.45. The summed E-state index contributed by atoms with van der Waals surface area (Å²) >= 11 is 0. The van der Waals surface area contributed by atoms with Crippen molar-refractivity contribution in [2.24, 2.45) is 7.05 Å². The highest BCUT2D eigenvalue weighted by molar-refractivity contribution is 5.89. The van der Waals surface area contributed by atoms with Gasteiger partial charge in [-0.2, -0.15) is 13.2 Å². The molecular formula is C21H24F3N7O2. The molecule has 2 unspecified atom stereocenters. The number of carbonyl (C=O) groups excluding carboxylic acids is 1. The molecule has 4 heterocycles. The minimum Gasteiger partial charge on any atom is -0.352 e. The second-order valence-electron chi connectivity index (χ2n) is 8.26. The molecule has 0 spiro atoms. The molecule has 2 N–H and O–H groups in total. The van der Waals surface area contributed by atoms with Crippen LogP contribution in [0, 0.1) is 0 Å². The van der Waals surface area contributed by atoms with E-state index in [1.807, 2.05) is 13.0 Å². The fourth-order valence-corrected chi connectivity index (χ4v) is 4.12. The van der Waals surface area contributed by atoms with Crippen molar-refractivity contribution in [1.29, 1.82) is 0 Å². The maximum Gasteiger partial charge on any atom is 0.417 e. The summed E-state index contributed by atoms with van der Waals surface area (Å²) in [6.07, 6.45) is 0.794. The van der Waals surface area contributed by atoms with Gasteiger partial charge in [-0.25, -0.2) is 14.8 Å². The van der Waals surface area contributed by atoms with E-state index in [0.717, 1.165) is 15.9 Å². The minimum atomic E-state index is -4.63. The van der Waals surface area contributed by atoms with Gasteiger partial charge in [0, 0.05) is 45.1 Å². The number of urea groups is 1. The van der Waals surface area contributed by atoms with Crippen LogP contribution in [-0.2, 0) is 13.2 Å². The maximum atomic E-state index is 13.1. The number of aromatic amines is 1. The number of fused-ring (bicyclic) bond motifs is 1. The number of H-pyrrole nitrogens is 1. The summed E-state index contributed by atoms with van der Waals surface area (Å²) in [5.74, 6) is 0.743. The van der Waals surface area contributed by atoms with E-state index < -0.39 is 29.0 Å². The minimum absolute atomic E-state index is 0.0473. The number of hydrogen-bond donors (Lipinski definition) is 2. The van der Waals surface area contributed by atoms with E-state index in [1.165, 1.54) is 11.9 Å². The number of rotatable bonds is 3. The average Bonchev–Trinajstić information content (AvgIpc) is 3.23. The standard InChI is InChI=1S/C21H24F3N7O2/c1-12-8-14(5-7-31(12)17-10-26-18-15(27-17)4-6-25-18)30(3)20(33)28-16-9-13(21(22,23)24)11-29(2)19(16)32/h4,6,9-12,14H,5,7-8H2,1-3H3,(H,25,26)(H,28,33). The molecule has 33 heavy (non-hydrogen) atoms. The number of aryl methyl sites for hydroxylation is 1. The van der Waals surface area contributed by atoms with E-state index >= 15 is 0 Å². The van der Waals surface area contributed by atoms with Crippen molar-refractivity contribution in [3.05, 3.63) is 46.6 Å². The van der Waals surface area contributed by atoms with E-state index in [4.69, 9.17) is 0 Å². The lowest BCUT2D eigenvalue weighted by Gasteiger charge is -2.41. The number of amides is 2. The Morgan fingerprint density at radius 1 is 1.36 bits per heavy atom. The number of carbonyl (C=O) groups is 1. The van der Waals surface area contributed by atoms with E-state index in [0.29, 0.717) is 37.3 Å². The fraction of sp³-hybridized carbons (Fsp3) is 0.429. The highest BCUT2D eigenvalue weighted by Crippen LogP contribution is 2.30. The monoisotopic (exact) mass is 463 g/mol. The molecule has 2 amide bonds. The lowest BCUT2D eigenvalue weighted by atomic mass is 9.97. The molecule has 1 saturated heterocycles. The lowest BCUT2D eigenvalue weighted by molar-refractivity contribution is -0.138. The Morgan fingerprint density at radius 3 is 2.82 bits per heavy atom. The molecular weight excluding hydrogens is 439 g/mol. The van der Waals surface area contributed by atoms with Crippen LogP contribution in [0.3, 0.4) is 0 Å². The normalized spacial score (nSPS) is 19.0. The number of aromatic nitrogens is 4. The van der Waals surface area contributed by atoms with Gasteiger partial charge in [0.05, 0.1) is 11.8 Å². The molecule has 9 nitrogen and oxygen atoms in total. The van der Waals surface area contributed by atoms with Crippen molar-refractivity contribution in [2.75, 3.05) is 23.8 Å². The van der Waals surface area contributed by atoms with Crippen molar-refractivity contribution in [2.45, 2.75) is 38.0 Å². The van der Waals surface area contributed by atoms with Gasteiger partial charge in [-0.15, -0.1) is 0 Å². The Bertz CT molecular complexity index is 1240. The van der Waals surface area contributed by atoms with Crippen LogP contribution in [0.4, 0.5) is 29.5 Å². The van der Waals surface area contributed by atoms with Crippen molar-refractivity contribution >= 4 is 28.7 Å². The molecule has 1 fully saturated rings. The molecule has 0 saturated carbocycles. The largest absolute Gasteiger partial charge is 0.417 e. The van der Waals surface area contributed by atoms with E-state index in [2.05, 4.69) is 25.2 Å². The van der Waals surface area contributed by atoms with Crippen LogP contribution >= 0.6 is 0 Å². The molecule has 2 atom stereocenters. The molecule has 0 bridgehead atoms. The number of hydrogen-bond acceptors (Lipinski definition) is 5. The number of anilines is 2. The number of halogens is 3. The molecule has 1 aliphatic rings. The predicted molar refractivity (Wildman–Crippen MR) is 117 cm³/mol. The zero-order chi connectivity index (χ0) is 23.9. The Hall–Kier alpha value is -3.57. The van der Waals surface area contributed by atoms with Crippen molar-refractivity contribution in [1.82, 2.24) is 24.4 Å². The Labute approximate surface area is 187 Å². The molecule has 176 valence electrons. The summed E-state index contributed by atoms with van der Waals surface area (Å²) in [7, 11) is 2.79.